The largest absolute Gasteiger partial charge is 0.401 e. The Morgan fingerprint density at radius 1 is 1.48 bits per heavy atom. The van der Waals surface area contributed by atoms with E-state index >= 15 is 0 Å². The molecular formula is C13H21F3N6O. The van der Waals surface area contributed by atoms with Crippen molar-refractivity contribution in [1.29, 1.82) is 0 Å². The van der Waals surface area contributed by atoms with Crippen molar-refractivity contribution in [1.82, 2.24) is 30.3 Å². The lowest BCUT2D eigenvalue weighted by molar-refractivity contribution is -0.142. The molecule has 0 aromatic carbocycles. The molecule has 2 amide bonds. The lowest BCUT2D eigenvalue weighted by Gasteiger charge is -2.23. The van der Waals surface area contributed by atoms with Crippen molar-refractivity contribution in [3.63, 3.8) is 0 Å². The van der Waals surface area contributed by atoms with Gasteiger partial charge in [0.05, 0.1) is 12.6 Å². The Kier molecular flexibility index (Phi) is 5.45. The summed E-state index contributed by atoms with van der Waals surface area (Å²) in [6.45, 7) is 1.82. The van der Waals surface area contributed by atoms with E-state index < -0.39 is 18.8 Å². The summed E-state index contributed by atoms with van der Waals surface area (Å²) in [6.07, 6.45) is -2.59. The molecule has 1 atom stereocenters. The maximum atomic E-state index is 12.2. The Morgan fingerprint density at radius 2 is 2.22 bits per heavy atom. The van der Waals surface area contributed by atoms with Crippen LogP contribution in [0.15, 0.2) is 0 Å². The zero-order chi connectivity index (χ0) is 17.0. The molecular weight excluding hydrogens is 313 g/mol. The monoisotopic (exact) mass is 334 g/mol. The van der Waals surface area contributed by atoms with Gasteiger partial charge in [0.15, 0.2) is 0 Å². The number of hydrogen-bond acceptors (Lipinski definition) is 4. The summed E-state index contributed by atoms with van der Waals surface area (Å²) in [5, 5.41) is 9.61. The van der Waals surface area contributed by atoms with E-state index in [0.29, 0.717) is 5.82 Å². The number of nitrogens with zero attached hydrogens (tertiary/aromatic N) is 4. The van der Waals surface area contributed by atoms with Gasteiger partial charge in [-0.25, -0.2) is 14.5 Å². The van der Waals surface area contributed by atoms with Gasteiger partial charge in [0, 0.05) is 19.6 Å². The molecule has 2 rings (SSSR count). The average Bonchev–Trinajstić information content (AvgIpc) is 2.78. The topological polar surface area (TPSA) is 75.1 Å². The summed E-state index contributed by atoms with van der Waals surface area (Å²) in [5.41, 5.74) is 0. The van der Waals surface area contributed by atoms with Crippen LogP contribution in [0.1, 0.15) is 30.5 Å². The molecule has 1 aromatic rings. The molecule has 2 heterocycles. The van der Waals surface area contributed by atoms with Crippen LogP contribution in [0, 0.1) is 6.92 Å². The number of aromatic nitrogens is 3. The molecule has 1 aliphatic rings. The van der Waals surface area contributed by atoms with E-state index in [1.54, 1.807) is 11.6 Å². The fourth-order valence-electron chi connectivity index (χ4n) is 2.56. The molecule has 10 heteroatoms. The van der Waals surface area contributed by atoms with Gasteiger partial charge in [-0.3, -0.25) is 4.90 Å². The minimum atomic E-state index is -4.24. The number of urea groups is 1. The maximum absolute atomic E-state index is 12.2. The van der Waals surface area contributed by atoms with Gasteiger partial charge in [-0.1, -0.05) is 0 Å². The molecule has 0 saturated carbocycles. The number of carbonyl (C=O) groups excluding carboxylic acids is 1. The highest BCUT2D eigenvalue weighted by molar-refractivity contribution is 5.74. The first-order valence-corrected chi connectivity index (χ1v) is 7.45. The Morgan fingerprint density at radius 3 is 2.91 bits per heavy atom. The van der Waals surface area contributed by atoms with Gasteiger partial charge in [-0.15, -0.1) is 0 Å². The third-order valence-corrected chi connectivity index (χ3v) is 3.51. The Labute approximate surface area is 132 Å². The van der Waals surface area contributed by atoms with Gasteiger partial charge in [-0.05, 0) is 26.8 Å². The molecule has 0 radical (unpaired) electrons. The quantitative estimate of drug-likeness (QED) is 0.849. The molecule has 0 saturated heterocycles. The minimum Gasteiger partial charge on any atom is -0.337 e. The van der Waals surface area contributed by atoms with Crippen LogP contribution >= 0.6 is 0 Å². The first-order chi connectivity index (χ1) is 10.7. The zero-order valence-electron chi connectivity index (χ0n) is 13.2. The van der Waals surface area contributed by atoms with Gasteiger partial charge in [-0.2, -0.15) is 18.3 Å². The van der Waals surface area contributed by atoms with Crippen LogP contribution in [0.4, 0.5) is 18.0 Å². The molecule has 0 unspecified atom stereocenters. The second-order valence-electron chi connectivity index (χ2n) is 5.69. The molecule has 23 heavy (non-hydrogen) atoms. The highest BCUT2D eigenvalue weighted by Gasteiger charge is 2.29. The summed E-state index contributed by atoms with van der Waals surface area (Å²) in [4.78, 5) is 17.3. The van der Waals surface area contributed by atoms with Gasteiger partial charge in [0.2, 0.25) is 0 Å². The number of fused-ring (bicyclic) bond motifs is 1. The van der Waals surface area contributed by atoms with Crippen molar-refractivity contribution in [2.45, 2.75) is 38.5 Å². The highest BCUT2D eigenvalue weighted by Crippen LogP contribution is 2.22. The van der Waals surface area contributed by atoms with Gasteiger partial charge in [0.25, 0.3) is 0 Å². The normalized spacial score (nSPS) is 17.9. The molecule has 0 fully saturated rings. The van der Waals surface area contributed by atoms with Crippen LogP contribution in [0.5, 0.6) is 0 Å². The van der Waals surface area contributed by atoms with Crippen molar-refractivity contribution >= 4 is 6.03 Å². The number of likely N-dealkylation sites (N-methyl/N-ethyl adjacent to an activating group) is 1. The predicted octanol–water partition coefficient (Wildman–Crippen LogP) is 1.21. The molecule has 0 spiro atoms. The third-order valence-electron chi connectivity index (χ3n) is 3.51. The van der Waals surface area contributed by atoms with Crippen LogP contribution in [0.3, 0.4) is 0 Å². The number of alkyl halides is 3. The second-order valence-corrected chi connectivity index (χ2v) is 5.69. The smallest absolute Gasteiger partial charge is 0.337 e. The third kappa shape index (κ3) is 5.38. The first kappa shape index (κ1) is 17.5. The van der Waals surface area contributed by atoms with E-state index in [-0.39, 0.29) is 19.1 Å². The van der Waals surface area contributed by atoms with Crippen LogP contribution in [0.2, 0.25) is 0 Å². The van der Waals surface area contributed by atoms with Crippen LogP contribution in [-0.2, 0) is 6.54 Å². The summed E-state index contributed by atoms with van der Waals surface area (Å²) >= 11 is 0. The van der Waals surface area contributed by atoms with Gasteiger partial charge >= 0.3 is 12.2 Å². The lowest BCUT2D eigenvalue weighted by atomic mass is 10.1. The standard InChI is InChI=1S/C13H21F3N6O/c1-9-18-11-10(4-3-6-22(11)20-9)19-12(23)17-5-7-21(2)8-13(14,15)16/h10H,3-8H2,1-2H3,(H2,17,19,23)/t10-/m0/s1. The van der Waals surface area contributed by atoms with Crippen LogP contribution < -0.4 is 10.6 Å². The zero-order valence-corrected chi connectivity index (χ0v) is 13.2. The summed E-state index contributed by atoms with van der Waals surface area (Å²) in [6, 6.07) is -0.637. The minimum absolute atomic E-state index is 0.118. The molecule has 1 aliphatic heterocycles. The van der Waals surface area contributed by atoms with Crippen LogP contribution in [-0.4, -0.2) is 58.6 Å². The molecule has 0 bridgehead atoms. The van der Waals surface area contributed by atoms with E-state index in [1.807, 2.05) is 0 Å². The van der Waals surface area contributed by atoms with Crippen LogP contribution in [0.25, 0.3) is 0 Å². The number of aryl methyl sites for hydroxylation is 2. The molecule has 7 nitrogen and oxygen atoms in total. The molecule has 130 valence electrons. The number of carbonyl (C=O) groups is 1. The Balaban J connectivity index is 1.76. The van der Waals surface area contributed by atoms with Crippen molar-refractivity contribution in [2.75, 3.05) is 26.7 Å². The van der Waals surface area contributed by atoms with Crippen molar-refractivity contribution in [3.8, 4) is 0 Å². The number of rotatable bonds is 5. The Bertz CT molecular complexity index is 544. The van der Waals surface area contributed by atoms with Gasteiger partial charge < -0.3 is 10.6 Å². The number of nitrogens with one attached hydrogen (secondary N) is 2. The van der Waals surface area contributed by atoms with Crippen molar-refractivity contribution in [2.24, 2.45) is 0 Å². The lowest BCUT2D eigenvalue weighted by Crippen LogP contribution is -2.43. The number of hydrogen-bond donors (Lipinski definition) is 2. The van der Waals surface area contributed by atoms with E-state index in [0.717, 1.165) is 30.1 Å². The van der Waals surface area contributed by atoms with E-state index in [2.05, 4.69) is 20.7 Å². The van der Waals surface area contributed by atoms with E-state index in [1.165, 1.54) is 7.05 Å². The molecule has 1 aromatic heterocycles. The van der Waals surface area contributed by atoms with Crippen molar-refractivity contribution in [3.05, 3.63) is 11.6 Å². The summed E-state index contributed by atoms with van der Waals surface area (Å²) < 4.78 is 38.3. The first-order valence-electron chi connectivity index (χ1n) is 7.45. The summed E-state index contributed by atoms with van der Waals surface area (Å²) in [7, 11) is 1.36. The molecule has 2 N–H and O–H groups in total. The number of halogens is 3. The fourth-order valence-corrected chi connectivity index (χ4v) is 2.56. The highest BCUT2D eigenvalue weighted by atomic mass is 19.4. The maximum Gasteiger partial charge on any atom is 0.401 e. The summed E-state index contributed by atoms with van der Waals surface area (Å²) in [5.74, 6) is 1.38. The second kappa shape index (κ2) is 7.16. The SMILES string of the molecule is Cc1nc2n(n1)CCC[C@@H]2NC(=O)NCCN(C)CC(F)(F)F. The number of amides is 2. The average molecular weight is 334 g/mol. The predicted molar refractivity (Wildman–Crippen MR) is 76.8 cm³/mol. The van der Waals surface area contributed by atoms with Crippen molar-refractivity contribution < 1.29 is 18.0 Å². The van der Waals surface area contributed by atoms with E-state index in [4.69, 9.17) is 0 Å². The fraction of sp³-hybridized carbons (Fsp3) is 0.769. The Hall–Kier alpha value is -1.84. The van der Waals surface area contributed by atoms with E-state index in [9.17, 15) is 18.0 Å². The van der Waals surface area contributed by atoms with Gasteiger partial charge in [0.1, 0.15) is 11.6 Å². The molecule has 0 aliphatic carbocycles.